The summed E-state index contributed by atoms with van der Waals surface area (Å²) in [5.74, 6) is -4.60. The third kappa shape index (κ3) is 13.0. The van der Waals surface area contributed by atoms with E-state index < -0.39 is 59.7 Å². The first-order valence-corrected chi connectivity index (χ1v) is 13.3. The molecule has 0 spiro atoms. The summed E-state index contributed by atoms with van der Waals surface area (Å²) in [6.45, 7) is 3.61. The van der Waals surface area contributed by atoms with E-state index in [2.05, 4.69) is 20.9 Å². The van der Waals surface area contributed by atoms with Crippen molar-refractivity contribution >= 4 is 35.6 Å². The first-order valence-electron chi connectivity index (χ1n) is 13.3. The Morgan fingerprint density at radius 2 is 1.49 bits per heavy atom. The Kier molecular flexibility index (Phi) is 14.6. The molecule has 5 unspecified atom stereocenters. The number of carbonyl (C=O) groups is 5. The van der Waals surface area contributed by atoms with Crippen LogP contribution >= 0.6 is 0 Å². The van der Waals surface area contributed by atoms with Crippen LogP contribution in [0.4, 0.5) is 0 Å². The number of aromatic hydroxyl groups is 1. The number of phenolic OH excluding ortho intramolecular Hbond substituents is 1. The van der Waals surface area contributed by atoms with Gasteiger partial charge < -0.3 is 49.1 Å². The van der Waals surface area contributed by atoms with Crippen LogP contribution in [0.2, 0.25) is 0 Å². The van der Waals surface area contributed by atoms with Crippen LogP contribution in [0.1, 0.15) is 51.5 Å². The summed E-state index contributed by atoms with van der Waals surface area (Å²) in [5, 5.41) is 26.8. The highest BCUT2D eigenvalue weighted by molar-refractivity contribution is 5.94. The number of hydrogen-bond acceptors (Lipinski definition) is 8. The van der Waals surface area contributed by atoms with Crippen molar-refractivity contribution in [1.82, 2.24) is 16.0 Å². The predicted molar refractivity (Wildman–Crippen MR) is 151 cm³/mol. The van der Waals surface area contributed by atoms with E-state index in [0.29, 0.717) is 12.0 Å². The van der Waals surface area contributed by atoms with Crippen molar-refractivity contribution in [2.24, 2.45) is 33.8 Å². The summed E-state index contributed by atoms with van der Waals surface area (Å²) in [4.78, 5) is 66.1. The second-order valence-electron chi connectivity index (χ2n) is 9.76. The van der Waals surface area contributed by atoms with Gasteiger partial charge in [-0.25, -0.2) is 4.79 Å². The molecule has 41 heavy (non-hydrogen) atoms. The van der Waals surface area contributed by atoms with Crippen molar-refractivity contribution in [2.75, 3.05) is 6.54 Å². The molecular formula is C26H42N8O7. The molecule has 0 saturated heterocycles. The Morgan fingerprint density at radius 1 is 0.902 bits per heavy atom. The van der Waals surface area contributed by atoms with Crippen molar-refractivity contribution in [3.8, 4) is 5.75 Å². The zero-order valence-corrected chi connectivity index (χ0v) is 23.3. The van der Waals surface area contributed by atoms with Crippen LogP contribution in [0.3, 0.4) is 0 Å². The fourth-order valence-corrected chi connectivity index (χ4v) is 3.77. The first kappa shape index (κ1) is 34.6. The average molecular weight is 579 g/mol. The van der Waals surface area contributed by atoms with Gasteiger partial charge in [0.2, 0.25) is 23.6 Å². The Balaban J connectivity index is 3.21. The van der Waals surface area contributed by atoms with Crippen molar-refractivity contribution in [2.45, 2.75) is 76.5 Å². The molecule has 0 aliphatic rings. The summed E-state index contributed by atoms with van der Waals surface area (Å²) >= 11 is 0. The van der Waals surface area contributed by atoms with Gasteiger partial charge in [-0.05, 0) is 42.9 Å². The number of primary amides is 1. The van der Waals surface area contributed by atoms with E-state index in [-0.39, 0.29) is 50.4 Å². The molecule has 13 N–H and O–H groups in total. The van der Waals surface area contributed by atoms with Gasteiger partial charge in [-0.1, -0.05) is 32.4 Å². The van der Waals surface area contributed by atoms with Crippen molar-refractivity contribution in [1.29, 1.82) is 0 Å². The average Bonchev–Trinajstić information content (AvgIpc) is 2.91. The number of aliphatic carboxylic acids is 1. The van der Waals surface area contributed by atoms with Gasteiger partial charge in [0.15, 0.2) is 5.96 Å². The molecular weight excluding hydrogens is 536 g/mol. The quantitative estimate of drug-likeness (QED) is 0.0533. The summed E-state index contributed by atoms with van der Waals surface area (Å²) in [5.41, 5.74) is 22.3. The van der Waals surface area contributed by atoms with Crippen LogP contribution in [-0.4, -0.2) is 76.5 Å². The Hall–Kier alpha value is -4.40. The Bertz CT molecular complexity index is 1080. The molecule has 1 aromatic rings. The highest BCUT2D eigenvalue weighted by atomic mass is 16.4. The van der Waals surface area contributed by atoms with Crippen LogP contribution in [0.15, 0.2) is 29.3 Å². The number of rotatable bonds is 18. The minimum atomic E-state index is -1.22. The lowest BCUT2D eigenvalue weighted by atomic mass is 9.98. The number of nitrogens with zero attached hydrogens (tertiary/aromatic N) is 1. The number of amides is 4. The predicted octanol–water partition coefficient (Wildman–Crippen LogP) is -1.83. The maximum absolute atomic E-state index is 13.5. The zero-order valence-electron chi connectivity index (χ0n) is 23.3. The lowest BCUT2D eigenvalue weighted by molar-refractivity contribution is -0.144. The van der Waals surface area contributed by atoms with Gasteiger partial charge in [-0.15, -0.1) is 0 Å². The lowest BCUT2D eigenvalue weighted by Gasteiger charge is -2.26. The van der Waals surface area contributed by atoms with Crippen LogP contribution in [0, 0.1) is 5.92 Å². The maximum Gasteiger partial charge on any atom is 0.326 e. The van der Waals surface area contributed by atoms with Gasteiger partial charge in [-0.3, -0.25) is 24.2 Å². The molecule has 5 atom stereocenters. The summed E-state index contributed by atoms with van der Waals surface area (Å²) in [6.07, 6.45) is 0.589. The fourth-order valence-electron chi connectivity index (χ4n) is 3.77. The second-order valence-corrected chi connectivity index (χ2v) is 9.76. The number of hydrogen-bond donors (Lipinski definition) is 9. The SMILES string of the molecule is CCC(C)C(NC(=O)C(CCCN=C(N)N)NC(=O)C(Cc1ccc(O)cc1)NC(=O)C(N)CCC(N)=O)C(=O)O. The van der Waals surface area contributed by atoms with E-state index in [9.17, 15) is 34.2 Å². The van der Waals surface area contributed by atoms with E-state index in [4.69, 9.17) is 22.9 Å². The second kappa shape index (κ2) is 17.3. The molecule has 228 valence electrons. The van der Waals surface area contributed by atoms with E-state index in [1.54, 1.807) is 26.0 Å². The number of guanidine groups is 1. The van der Waals surface area contributed by atoms with Crippen LogP contribution < -0.4 is 38.9 Å². The third-order valence-electron chi connectivity index (χ3n) is 6.40. The molecule has 0 heterocycles. The number of carbonyl (C=O) groups excluding carboxylic acids is 4. The molecule has 0 bridgehead atoms. The standard InChI is InChI=1S/C26H42N8O7/c1-3-14(2)21(25(40)41)34-23(38)18(5-4-12-31-26(29)30)32-24(39)19(13-15-6-8-16(35)9-7-15)33-22(37)17(27)10-11-20(28)36/h6-9,14,17-19,21,35H,3-5,10-13,27H2,1-2H3,(H2,28,36)(H,32,39)(H,33,37)(H,34,38)(H,40,41)(H4,29,30,31). The number of phenols is 1. The molecule has 0 aromatic heterocycles. The third-order valence-corrected chi connectivity index (χ3v) is 6.40. The van der Waals surface area contributed by atoms with Gasteiger partial charge in [0.05, 0.1) is 6.04 Å². The number of carboxylic acid groups (broad SMARTS) is 1. The van der Waals surface area contributed by atoms with Crippen molar-refractivity contribution < 1.29 is 34.2 Å². The van der Waals surface area contributed by atoms with Crippen LogP contribution in [0.5, 0.6) is 5.75 Å². The normalized spacial score (nSPS) is 14.4. The van der Waals surface area contributed by atoms with Gasteiger partial charge in [0, 0.05) is 19.4 Å². The largest absolute Gasteiger partial charge is 0.508 e. The molecule has 15 heteroatoms. The minimum Gasteiger partial charge on any atom is -0.508 e. The highest BCUT2D eigenvalue weighted by Gasteiger charge is 2.32. The maximum atomic E-state index is 13.5. The topological polar surface area (TPSA) is 278 Å². The van der Waals surface area contributed by atoms with Crippen LogP contribution in [0.25, 0.3) is 0 Å². The van der Waals surface area contributed by atoms with Gasteiger partial charge in [0.1, 0.15) is 23.9 Å². The highest BCUT2D eigenvalue weighted by Crippen LogP contribution is 2.13. The number of nitrogens with one attached hydrogen (secondary N) is 3. The van der Waals surface area contributed by atoms with Crippen molar-refractivity contribution in [3.05, 3.63) is 29.8 Å². The molecule has 0 aliphatic heterocycles. The van der Waals surface area contributed by atoms with E-state index in [1.165, 1.54) is 12.1 Å². The zero-order chi connectivity index (χ0) is 31.1. The number of aliphatic imine (C=N–C) groups is 1. The molecule has 0 saturated carbocycles. The molecule has 0 aliphatic carbocycles. The summed E-state index contributed by atoms with van der Waals surface area (Å²) < 4.78 is 0. The monoisotopic (exact) mass is 578 g/mol. The molecule has 15 nitrogen and oxygen atoms in total. The van der Waals surface area contributed by atoms with E-state index >= 15 is 0 Å². The summed E-state index contributed by atoms with van der Waals surface area (Å²) in [7, 11) is 0. The molecule has 4 amide bonds. The molecule has 0 radical (unpaired) electrons. The van der Waals surface area contributed by atoms with Gasteiger partial charge in [0.25, 0.3) is 0 Å². The van der Waals surface area contributed by atoms with E-state index in [0.717, 1.165) is 0 Å². The van der Waals surface area contributed by atoms with Gasteiger partial charge in [-0.2, -0.15) is 0 Å². The smallest absolute Gasteiger partial charge is 0.326 e. The minimum absolute atomic E-state index is 0.000867. The molecule has 1 rings (SSSR count). The van der Waals surface area contributed by atoms with E-state index in [1.807, 2.05) is 0 Å². The van der Waals surface area contributed by atoms with Crippen molar-refractivity contribution in [3.63, 3.8) is 0 Å². The first-order chi connectivity index (χ1) is 19.2. The Morgan fingerprint density at radius 3 is 2.02 bits per heavy atom. The summed E-state index contributed by atoms with van der Waals surface area (Å²) in [6, 6.07) is 1.19. The number of nitrogens with two attached hydrogens (primary N) is 4. The number of carboxylic acids is 1. The lowest BCUT2D eigenvalue weighted by Crippen LogP contribution is -2.58. The van der Waals surface area contributed by atoms with Gasteiger partial charge >= 0.3 is 5.97 Å². The molecule has 1 aromatic carbocycles. The molecule has 0 fully saturated rings. The van der Waals surface area contributed by atoms with Crippen LogP contribution in [-0.2, 0) is 30.4 Å². The number of benzene rings is 1. The fraction of sp³-hybridized carbons (Fsp3) is 0.538. The Labute approximate surface area is 238 Å².